The number of methoxy groups -OCH3 is 2. The predicted octanol–water partition coefficient (Wildman–Crippen LogP) is 3.28. The smallest absolute Gasteiger partial charge is 0.162 e. The highest BCUT2D eigenvalue weighted by molar-refractivity contribution is 5.78. The molecule has 3 aromatic rings. The van der Waals surface area contributed by atoms with E-state index in [1.807, 2.05) is 29.1 Å². The highest BCUT2D eigenvalue weighted by Crippen LogP contribution is 2.31. The third-order valence-electron chi connectivity index (χ3n) is 4.48. The topological polar surface area (TPSA) is 62.3 Å². The fraction of sp³-hybridized carbons (Fsp3) is 0.316. The van der Waals surface area contributed by atoms with Crippen LogP contribution in [0, 0.1) is 0 Å². The second kappa shape index (κ2) is 6.17. The highest BCUT2D eigenvalue weighted by Gasteiger charge is 2.19. The van der Waals surface area contributed by atoms with Crippen LogP contribution in [0.3, 0.4) is 0 Å². The van der Waals surface area contributed by atoms with Gasteiger partial charge in [0.25, 0.3) is 0 Å². The molecule has 0 radical (unpaired) electrons. The normalized spacial score (nSPS) is 11.7. The van der Waals surface area contributed by atoms with Gasteiger partial charge in [0, 0.05) is 18.0 Å². The van der Waals surface area contributed by atoms with Crippen molar-refractivity contribution in [3.05, 3.63) is 48.3 Å². The Morgan fingerprint density at radius 3 is 2.46 bits per heavy atom. The number of nitrogens with two attached hydrogens (primary N) is 1. The monoisotopic (exact) mass is 325 g/mol. The zero-order valence-corrected chi connectivity index (χ0v) is 14.5. The van der Waals surface area contributed by atoms with Crippen LogP contribution in [0.1, 0.15) is 19.4 Å². The summed E-state index contributed by atoms with van der Waals surface area (Å²) in [5.41, 5.74) is 9.97. The highest BCUT2D eigenvalue weighted by atomic mass is 16.5. The molecule has 1 aromatic heterocycles. The van der Waals surface area contributed by atoms with Crippen LogP contribution in [-0.2, 0) is 5.41 Å². The molecule has 1 heterocycles. The van der Waals surface area contributed by atoms with Gasteiger partial charge in [0.05, 0.1) is 30.9 Å². The van der Waals surface area contributed by atoms with Crippen molar-refractivity contribution in [3.8, 4) is 17.2 Å². The summed E-state index contributed by atoms with van der Waals surface area (Å²) in [6, 6.07) is 12.1. The van der Waals surface area contributed by atoms with Crippen LogP contribution in [0.25, 0.3) is 16.7 Å². The second-order valence-corrected chi connectivity index (χ2v) is 6.45. The van der Waals surface area contributed by atoms with Gasteiger partial charge in [0.2, 0.25) is 0 Å². The van der Waals surface area contributed by atoms with Crippen LogP contribution in [0.4, 0.5) is 0 Å². The number of fused-ring (bicyclic) bond motifs is 1. The van der Waals surface area contributed by atoms with Gasteiger partial charge in [-0.25, -0.2) is 4.98 Å². The average molecular weight is 325 g/mol. The van der Waals surface area contributed by atoms with Gasteiger partial charge in [-0.2, -0.15) is 0 Å². The van der Waals surface area contributed by atoms with E-state index < -0.39 is 0 Å². The molecule has 3 rings (SSSR count). The molecule has 5 nitrogen and oxygen atoms in total. The molecule has 0 amide bonds. The molecule has 0 aliphatic heterocycles. The van der Waals surface area contributed by atoms with E-state index in [1.165, 1.54) is 5.56 Å². The Morgan fingerprint density at radius 2 is 1.79 bits per heavy atom. The Hall–Kier alpha value is -2.53. The zero-order valence-electron chi connectivity index (χ0n) is 14.5. The third kappa shape index (κ3) is 2.71. The van der Waals surface area contributed by atoms with E-state index in [9.17, 15) is 0 Å². The summed E-state index contributed by atoms with van der Waals surface area (Å²) in [6.07, 6.45) is 1.82. The summed E-state index contributed by atoms with van der Waals surface area (Å²) in [4.78, 5) is 4.55. The van der Waals surface area contributed by atoms with Gasteiger partial charge in [-0.1, -0.05) is 19.9 Å². The van der Waals surface area contributed by atoms with E-state index in [0.717, 1.165) is 16.7 Å². The maximum absolute atomic E-state index is 5.89. The van der Waals surface area contributed by atoms with Crippen LogP contribution in [0.5, 0.6) is 11.5 Å². The van der Waals surface area contributed by atoms with Crippen molar-refractivity contribution in [1.82, 2.24) is 9.55 Å². The molecular formula is C19H23N3O2. The van der Waals surface area contributed by atoms with Crippen LogP contribution in [0.2, 0.25) is 0 Å². The van der Waals surface area contributed by atoms with Crippen molar-refractivity contribution >= 4 is 11.0 Å². The molecule has 0 atom stereocenters. The van der Waals surface area contributed by atoms with Gasteiger partial charge in [-0.15, -0.1) is 0 Å². The summed E-state index contributed by atoms with van der Waals surface area (Å²) in [6.45, 7) is 4.87. The molecule has 0 fully saturated rings. The SMILES string of the molecule is COc1ccc(-n2cnc3cc(C(C)(C)CN)ccc32)cc1OC. The molecule has 0 bridgehead atoms. The Bertz CT molecular complexity index is 868. The number of nitrogens with zero attached hydrogens (tertiary/aromatic N) is 2. The van der Waals surface area contributed by atoms with Crippen molar-refractivity contribution in [3.63, 3.8) is 0 Å². The molecule has 5 heteroatoms. The van der Waals surface area contributed by atoms with Crippen LogP contribution < -0.4 is 15.2 Å². The lowest BCUT2D eigenvalue weighted by Crippen LogP contribution is -2.27. The standard InChI is InChI=1S/C19H23N3O2/c1-19(2,11-20)13-5-7-16-15(9-13)21-12-22(16)14-6-8-17(23-3)18(10-14)24-4/h5-10,12H,11,20H2,1-4H3. The first-order valence-corrected chi connectivity index (χ1v) is 7.90. The van der Waals surface area contributed by atoms with Crippen molar-refractivity contribution in [2.75, 3.05) is 20.8 Å². The van der Waals surface area contributed by atoms with Crippen LogP contribution >= 0.6 is 0 Å². The fourth-order valence-electron chi connectivity index (χ4n) is 2.73. The van der Waals surface area contributed by atoms with Gasteiger partial charge >= 0.3 is 0 Å². The summed E-state index contributed by atoms with van der Waals surface area (Å²) in [5.74, 6) is 1.40. The van der Waals surface area contributed by atoms with Crippen molar-refractivity contribution in [2.45, 2.75) is 19.3 Å². The molecule has 24 heavy (non-hydrogen) atoms. The number of benzene rings is 2. The summed E-state index contributed by atoms with van der Waals surface area (Å²) in [5, 5.41) is 0. The second-order valence-electron chi connectivity index (χ2n) is 6.45. The molecule has 0 aliphatic carbocycles. The molecule has 0 spiro atoms. The first-order chi connectivity index (χ1) is 11.5. The fourth-order valence-corrected chi connectivity index (χ4v) is 2.73. The number of imidazole rings is 1. The maximum atomic E-state index is 5.89. The van der Waals surface area contributed by atoms with Crippen molar-refractivity contribution < 1.29 is 9.47 Å². The average Bonchev–Trinajstić information content (AvgIpc) is 3.04. The van der Waals surface area contributed by atoms with Gasteiger partial charge in [0.1, 0.15) is 6.33 Å². The maximum Gasteiger partial charge on any atom is 0.162 e. The predicted molar refractivity (Wildman–Crippen MR) is 96.3 cm³/mol. The first-order valence-electron chi connectivity index (χ1n) is 7.90. The summed E-state index contributed by atoms with van der Waals surface area (Å²) < 4.78 is 12.7. The van der Waals surface area contributed by atoms with E-state index in [4.69, 9.17) is 15.2 Å². The minimum atomic E-state index is -0.0682. The van der Waals surface area contributed by atoms with Crippen molar-refractivity contribution in [2.24, 2.45) is 5.73 Å². The number of hydrogen-bond donors (Lipinski definition) is 1. The first kappa shape index (κ1) is 16.3. The Kier molecular flexibility index (Phi) is 4.20. The molecule has 2 aromatic carbocycles. The van der Waals surface area contributed by atoms with Gasteiger partial charge in [0.15, 0.2) is 11.5 Å². The molecular weight excluding hydrogens is 302 g/mol. The lowest BCUT2D eigenvalue weighted by atomic mass is 9.85. The van der Waals surface area contributed by atoms with Crippen LogP contribution in [0.15, 0.2) is 42.7 Å². The summed E-state index contributed by atoms with van der Waals surface area (Å²) in [7, 11) is 3.26. The lowest BCUT2D eigenvalue weighted by Gasteiger charge is -2.22. The molecule has 0 saturated carbocycles. The van der Waals surface area contributed by atoms with Gasteiger partial charge in [-0.3, -0.25) is 4.57 Å². The zero-order chi connectivity index (χ0) is 17.3. The van der Waals surface area contributed by atoms with Gasteiger partial charge in [-0.05, 0) is 29.8 Å². The summed E-state index contributed by atoms with van der Waals surface area (Å²) >= 11 is 0. The molecule has 0 unspecified atom stereocenters. The molecule has 0 aliphatic rings. The number of hydrogen-bond acceptors (Lipinski definition) is 4. The van der Waals surface area contributed by atoms with E-state index >= 15 is 0 Å². The quantitative estimate of drug-likeness (QED) is 0.782. The molecule has 0 saturated heterocycles. The Labute approximate surface area is 142 Å². The lowest BCUT2D eigenvalue weighted by molar-refractivity contribution is 0.355. The Morgan fingerprint density at radius 1 is 1.04 bits per heavy atom. The van der Waals surface area contributed by atoms with Gasteiger partial charge < -0.3 is 15.2 Å². The minimum Gasteiger partial charge on any atom is -0.493 e. The number of rotatable bonds is 5. The number of ether oxygens (including phenoxy) is 2. The molecule has 2 N–H and O–H groups in total. The minimum absolute atomic E-state index is 0.0682. The largest absolute Gasteiger partial charge is 0.493 e. The molecule has 126 valence electrons. The van der Waals surface area contributed by atoms with E-state index in [-0.39, 0.29) is 5.41 Å². The van der Waals surface area contributed by atoms with Crippen molar-refractivity contribution in [1.29, 1.82) is 0 Å². The third-order valence-corrected chi connectivity index (χ3v) is 4.48. The van der Waals surface area contributed by atoms with Crippen LogP contribution in [-0.4, -0.2) is 30.3 Å². The van der Waals surface area contributed by atoms with E-state index in [1.54, 1.807) is 14.2 Å². The number of aromatic nitrogens is 2. The van der Waals surface area contributed by atoms with E-state index in [0.29, 0.717) is 18.0 Å². The van der Waals surface area contributed by atoms with E-state index in [2.05, 4.69) is 37.0 Å². The Balaban J connectivity index is 2.08.